The van der Waals surface area contributed by atoms with Crippen molar-refractivity contribution in [2.45, 2.75) is 13.0 Å². The molecule has 3 nitrogen and oxygen atoms in total. The average Bonchev–Trinajstić information content (AvgIpc) is 2.88. The molecule has 1 aromatic rings. The number of hydrogen-bond donors (Lipinski definition) is 2. The molecule has 1 fully saturated rings. The van der Waals surface area contributed by atoms with Gasteiger partial charge in [-0.1, -0.05) is 30.3 Å². The minimum atomic E-state index is 0.582. The second kappa shape index (κ2) is 6.61. The van der Waals surface area contributed by atoms with Crippen molar-refractivity contribution >= 4 is 34.8 Å². The Morgan fingerprint density at radius 1 is 1.35 bits per heavy atom. The van der Waals surface area contributed by atoms with Gasteiger partial charge in [0.2, 0.25) is 0 Å². The highest BCUT2D eigenvalue weighted by atomic mass is 32.2. The Morgan fingerprint density at radius 2 is 2.18 bits per heavy atom. The smallest absolute Gasteiger partial charge is 0.187 e. The van der Waals surface area contributed by atoms with E-state index >= 15 is 0 Å². The number of rotatable bonds is 3. The topological polar surface area (TPSA) is 36.4 Å². The molecular weight excluding hydrogens is 250 g/mol. The second-order valence-corrected chi connectivity index (χ2v) is 5.27. The summed E-state index contributed by atoms with van der Waals surface area (Å²) >= 11 is 7.06. The van der Waals surface area contributed by atoms with E-state index < -0.39 is 0 Å². The third-order valence-corrected chi connectivity index (χ3v) is 3.68. The molecule has 2 N–H and O–H groups in total. The van der Waals surface area contributed by atoms with Crippen LogP contribution in [0.15, 0.2) is 35.4 Å². The molecule has 1 heterocycles. The van der Waals surface area contributed by atoms with E-state index in [4.69, 9.17) is 12.2 Å². The van der Waals surface area contributed by atoms with E-state index in [0.717, 1.165) is 18.7 Å². The molecule has 1 saturated heterocycles. The van der Waals surface area contributed by atoms with Crippen LogP contribution in [0.2, 0.25) is 0 Å². The van der Waals surface area contributed by atoms with Gasteiger partial charge in [-0.25, -0.2) is 0 Å². The Balaban J connectivity index is 1.72. The van der Waals surface area contributed by atoms with Gasteiger partial charge in [0.15, 0.2) is 5.11 Å². The summed E-state index contributed by atoms with van der Waals surface area (Å²) in [5, 5.41) is 7.99. The van der Waals surface area contributed by atoms with Gasteiger partial charge in [0.05, 0.1) is 0 Å². The van der Waals surface area contributed by atoms with Crippen molar-refractivity contribution in [2.24, 2.45) is 5.10 Å². The van der Waals surface area contributed by atoms with Crippen molar-refractivity contribution in [2.75, 3.05) is 11.5 Å². The summed E-state index contributed by atoms with van der Waals surface area (Å²) < 4.78 is 0. The standard InChI is InChI=1S/C12H15N3S2/c16-12(15-14-11-6-7-17-9-11)13-8-10-4-2-1-3-5-10/h1-5H,6-9H2,(H2,13,15,16)/b14-11+. The lowest BCUT2D eigenvalue weighted by atomic mass is 10.2. The van der Waals surface area contributed by atoms with Gasteiger partial charge in [0.25, 0.3) is 0 Å². The summed E-state index contributed by atoms with van der Waals surface area (Å²) in [6.07, 6.45) is 1.07. The summed E-state index contributed by atoms with van der Waals surface area (Å²) in [5.41, 5.74) is 5.29. The molecule has 0 unspecified atom stereocenters. The van der Waals surface area contributed by atoms with Crippen molar-refractivity contribution in [3.05, 3.63) is 35.9 Å². The van der Waals surface area contributed by atoms with Gasteiger partial charge < -0.3 is 5.32 Å². The van der Waals surface area contributed by atoms with Crippen molar-refractivity contribution in [1.29, 1.82) is 0 Å². The van der Waals surface area contributed by atoms with E-state index in [1.807, 2.05) is 30.0 Å². The maximum absolute atomic E-state index is 5.15. The SMILES string of the molecule is S=C(NCc1ccccc1)N/N=C1\CCSC1. The van der Waals surface area contributed by atoms with Crippen LogP contribution in [0.1, 0.15) is 12.0 Å². The molecule has 0 spiro atoms. The van der Waals surface area contributed by atoms with Gasteiger partial charge in [-0.3, -0.25) is 5.43 Å². The quantitative estimate of drug-likeness (QED) is 0.648. The first kappa shape index (κ1) is 12.4. The van der Waals surface area contributed by atoms with Crippen molar-refractivity contribution in [3.63, 3.8) is 0 Å². The zero-order chi connectivity index (χ0) is 11.9. The molecule has 1 aliphatic rings. The number of hydrazone groups is 1. The molecule has 0 aliphatic carbocycles. The first-order chi connectivity index (χ1) is 8.34. The molecule has 1 aromatic carbocycles. The minimum absolute atomic E-state index is 0.582. The van der Waals surface area contributed by atoms with Crippen LogP contribution in [-0.4, -0.2) is 22.3 Å². The lowest BCUT2D eigenvalue weighted by Crippen LogP contribution is -2.32. The van der Waals surface area contributed by atoms with Crippen LogP contribution in [0.3, 0.4) is 0 Å². The molecule has 0 saturated carbocycles. The maximum Gasteiger partial charge on any atom is 0.187 e. The van der Waals surface area contributed by atoms with E-state index in [1.165, 1.54) is 17.0 Å². The van der Waals surface area contributed by atoms with Crippen LogP contribution in [0.4, 0.5) is 0 Å². The number of nitrogens with zero attached hydrogens (tertiary/aromatic N) is 1. The normalized spacial score (nSPS) is 17.1. The molecule has 0 aromatic heterocycles. The highest BCUT2D eigenvalue weighted by Crippen LogP contribution is 2.13. The monoisotopic (exact) mass is 265 g/mol. The molecule has 1 aliphatic heterocycles. The van der Waals surface area contributed by atoms with E-state index in [9.17, 15) is 0 Å². The zero-order valence-corrected chi connectivity index (χ0v) is 11.1. The maximum atomic E-state index is 5.15. The minimum Gasteiger partial charge on any atom is -0.357 e. The van der Waals surface area contributed by atoms with Crippen molar-refractivity contribution < 1.29 is 0 Å². The molecule has 0 amide bonds. The Hall–Kier alpha value is -1.07. The third-order valence-electron chi connectivity index (χ3n) is 2.42. The van der Waals surface area contributed by atoms with E-state index in [0.29, 0.717) is 5.11 Å². The van der Waals surface area contributed by atoms with Crippen LogP contribution < -0.4 is 10.7 Å². The molecule has 0 bridgehead atoms. The predicted molar refractivity (Wildman–Crippen MR) is 78.4 cm³/mol. The predicted octanol–water partition coefficient (Wildman–Crippen LogP) is 2.14. The fraction of sp³-hybridized carbons (Fsp3) is 0.333. The van der Waals surface area contributed by atoms with Crippen molar-refractivity contribution in [3.8, 4) is 0 Å². The number of nitrogens with one attached hydrogen (secondary N) is 2. The largest absolute Gasteiger partial charge is 0.357 e. The fourth-order valence-electron chi connectivity index (χ4n) is 1.49. The summed E-state index contributed by atoms with van der Waals surface area (Å²) in [6.45, 7) is 0.728. The lowest BCUT2D eigenvalue weighted by Gasteiger charge is -2.07. The van der Waals surface area contributed by atoms with Crippen LogP contribution in [0.5, 0.6) is 0 Å². The van der Waals surface area contributed by atoms with E-state index in [2.05, 4.69) is 28.0 Å². The Kier molecular flexibility index (Phi) is 4.82. The average molecular weight is 265 g/mol. The Bertz CT molecular complexity index is 395. The summed E-state index contributed by atoms with van der Waals surface area (Å²) in [5.74, 6) is 2.19. The number of hydrogen-bond acceptors (Lipinski definition) is 3. The molecule has 0 radical (unpaired) electrons. The molecule has 90 valence electrons. The van der Waals surface area contributed by atoms with Gasteiger partial charge in [-0.2, -0.15) is 16.9 Å². The highest BCUT2D eigenvalue weighted by molar-refractivity contribution is 8.00. The van der Waals surface area contributed by atoms with E-state index in [-0.39, 0.29) is 0 Å². The van der Waals surface area contributed by atoms with Gasteiger partial charge >= 0.3 is 0 Å². The fourth-order valence-corrected chi connectivity index (χ4v) is 2.57. The Morgan fingerprint density at radius 3 is 2.88 bits per heavy atom. The first-order valence-corrected chi connectivity index (χ1v) is 7.12. The first-order valence-electron chi connectivity index (χ1n) is 5.55. The lowest BCUT2D eigenvalue weighted by molar-refractivity contribution is 0.865. The number of thioether (sulfide) groups is 1. The molecule has 0 atom stereocenters. The van der Waals surface area contributed by atoms with Gasteiger partial charge in [0, 0.05) is 18.0 Å². The van der Waals surface area contributed by atoms with Gasteiger partial charge in [-0.05, 0) is 30.0 Å². The van der Waals surface area contributed by atoms with Crippen LogP contribution in [-0.2, 0) is 6.54 Å². The molecule has 17 heavy (non-hydrogen) atoms. The Labute approximate surface area is 111 Å². The molecule has 5 heteroatoms. The van der Waals surface area contributed by atoms with Crippen molar-refractivity contribution in [1.82, 2.24) is 10.7 Å². The summed E-state index contributed by atoms with van der Waals surface area (Å²) in [4.78, 5) is 0. The second-order valence-electron chi connectivity index (χ2n) is 3.76. The highest BCUT2D eigenvalue weighted by Gasteiger charge is 2.08. The van der Waals surface area contributed by atoms with Crippen LogP contribution >= 0.6 is 24.0 Å². The van der Waals surface area contributed by atoms with Crippen LogP contribution in [0.25, 0.3) is 0 Å². The van der Waals surface area contributed by atoms with E-state index in [1.54, 1.807) is 0 Å². The number of thiocarbonyl (C=S) groups is 1. The molecular formula is C12H15N3S2. The summed E-state index contributed by atoms with van der Waals surface area (Å²) in [6, 6.07) is 10.2. The third kappa shape index (κ3) is 4.36. The summed E-state index contributed by atoms with van der Waals surface area (Å²) in [7, 11) is 0. The van der Waals surface area contributed by atoms with Crippen LogP contribution in [0, 0.1) is 0 Å². The number of benzene rings is 1. The molecule has 2 rings (SSSR count). The zero-order valence-electron chi connectivity index (χ0n) is 9.48. The van der Waals surface area contributed by atoms with Gasteiger partial charge in [-0.15, -0.1) is 0 Å². The van der Waals surface area contributed by atoms with Gasteiger partial charge in [0.1, 0.15) is 0 Å².